The number of anilines is 2. The molecule has 6 aromatic rings. The van der Waals surface area contributed by atoms with Gasteiger partial charge in [-0.05, 0) is 111 Å². The van der Waals surface area contributed by atoms with Crippen LogP contribution in [0, 0.1) is 51.4 Å². The second kappa shape index (κ2) is 17.0. The number of nitrogens with one attached hydrogen (secondary N) is 2. The predicted octanol–water partition coefficient (Wildman–Crippen LogP) is 6.33. The largest absolute Gasteiger partial charge is 0.385 e. The van der Waals surface area contributed by atoms with Crippen molar-refractivity contribution in [2.24, 2.45) is 0 Å². The molecule has 0 fully saturated rings. The number of hydrogen-bond donors (Lipinski definition) is 2. The number of hydrogen-bond acceptors (Lipinski definition) is 2. The van der Waals surface area contributed by atoms with Crippen molar-refractivity contribution in [3.05, 3.63) is 177 Å². The molecule has 0 aliphatic rings. The van der Waals surface area contributed by atoms with E-state index in [-0.39, 0.29) is 0 Å². The quantitative estimate of drug-likeness (QED) is 0.0985. The summed E-state index contributed by atoms with van der Waals surface area (Å²) in [4.78, 5) is 0. The maximum atomic E-state index is 6.65. The minimum absolute atomic E-state index is 0.677. The molecule has 0 atom stereocenters. The monoisotopic (exact) mass is 716 g/mol. The molecule has 0 unspecified atom stereocenters. The van der Waals surface area contributed by atoms with Crippen LogP contribution in [0.25, 0.3) is 0 Å². The molecule has 2 nitrogen and oxygen atoms in total. The Hall–Kier alpha value is -5.70. The van der Waals surface area contributed by atoms with Gasteiger partial charge in [0.1, 0.15) is 42.2 Å². The molecule has 2 N–H and O–H groups in total. The average molecular weight is 716 g/mol. The zero-order valence-corrected chi connectivity index (χ0v) is 33.3. The molecule has 0 aliphatic carbocycles. The fraction of sp³-hybridized carbons (Fsp3) is 0.200. The van der Waals surface area contributed by atoms with Gasteiger partial charge in [0.05, 0.1) is 0 Å². The standard InChI is InChI=1S/C50H44B4N2/c1-7-55-43-15-11-13-37(27-43)49(39-21-17-33(3)45(51)29-39,40-22-18-34(4)46(52)30-40)25-9-10-26-50(41-23-19-35(5)47(53)31-41,42-24-20-36(6)48(54)32-42)38-14-12-16-44(28-38)56-8-2/h11-24,27-32,55-56H,7-8H2,1-6H3. The summed E-state index contributed by atoms with van der Waals surface area (Å²) in [5, 5.41) is 6.97. The van der Waals surface area contributed by atoms with Crippen molar-refractivity contribution in [1.29, 1.82) is 0 Å². The van der Waals surface area contributed by atoms with E-state index in [1.54, 1.807) is 0 Å². The zero-order valence-electron chi connectivity index (χ0n) is 33.3. The zero-order chi connectivity index (χ0) is 40.0. The Morgan fingerprint density at radius 2 is 0.696 bits per heavy atom. The van der Waals surface area contributed by atoms with Crippen LogP contribution in [-0.4, -0.2) is 44.5 Å². The van der Waals surface area contributed by atoms with Gasteiger partial charge in [0, 0.05) is 24.5 Å². The Kier molecular flexibility index (Phi) is 12.1. The van der Waals surface area contributed by atoms with Gasteiger partial charge in [0.15, 0.2) is 0 Å². The summed E-state index contributed by atoms with van der Waals surface area (Å²) in [6, 6.07) is 41.4. The summed E-state index contributed by atoms with van der Waals surface area (Å²) in [6.45, 7) is 13.7. The van der Waals surface area contributed by atoms with Gasteiger partial charge in [0.2, 0.25) is 0 Å². The van der Waals surface area contributed by atoms with Crippen molar-refractivity contribution in [2.75, 3.05) is 23.7 Å². The Labute approximate surface area is 340 Å². The summed E-state index contributed by atoms with van der Waals surface area (Å²) in [6.07, 6.45) is 0. The summed E-state index contributed by atoms with van der Waals surface area (Å²) >= 11 is 0. The van der Waals surface area contributed by atoms with E-state index in [1.165, 1.54) is 0 Å². The highest BCUT2D eigenvalue weighted by molar-refractivity contribution is 6.34. The SMILES string of the molecule is [B]c1cc(C(C#CC#CC(c2cccc(NCC)c2)(c2ccc(C)c([B])c2)c2ccc(C)c([B])c2)(c2cccc(NCC)c2)c2ccc(C)c([B])c2)ccc1C. The van der Waals surface area contributed by atoms with Crippen LogP contribution in [0.1, 0.15) is 69.5 Å². The Morgan fingerprint density at radius 1 is 0.411 bits per heavy atom. The molecule has 0 spiro atoms. The minimum atomic E-state index is -1.00. The summed E-state index contributed by atoms with van der Waals surface area (Å²) in [5.74, 6) is 14.3. The highest BCUT2D eigenvalue weighted by atomic mass is 14.9. The molecule has 56 heavy (non-hydrogen) atoms. The molecule has 0 saturated carbocycles. The maximum absolute atomic E-state index is 6.65. The third kappa shape index (κ3) is 7.85. The van der Waals surface area contributed by atoms with Crippen LogP contribution in [0.15, 0.2) is 121 Å². The van der Waals surface area contributed by atoms with E-state index in [2.05, 4.69) is 121 Å². The van der Waals surface area contributed by atoms with E-state index in [4.69, 9.17) is 31.4 Å². The molecule has 8 radical (unpaired) electrons. The van der Waals surface area contributed by atoms with E-state index in [1.807, 2.05) is 76.2 Å². The minimum Gasteiger partial charge on any atom is -0.385 e. The third-order valence-electron chi connectivity index (χ3n) is 10.8. The molecule has 0 saturated heterocycles. The molecule has 0 aromatic heterocycles. The van der Waals surface area contributed by atoms with Crippen LogP contribution in [0.5, 0.6) is 0 Å². The lowest BCUT2D eigenvalue weighted by molar-refractivity contribution is 0.808. The van der Waals surface area contributed by atoms with Gasteiger partial charge in [-0.15, -0.1) is 0 Å². The van der Waals surface area contributed by atoms with Crippen molar-refractivity contribution in [2.45, 2.75) is 52.4 Å². The van der Waals surface area contributed by atoms with Gasteiger partial charge in [-0.25, -0.2) is 0 Å². The van der Waals surface area contributed by atoms with E-state index < -0.39 is 10.8 Å². The highest BCUT2D eigenvalue weighted by Gasteiger charge is 2.37. The Bertz CT molecular complexity index is 2250. The maximum Gasteiger partial charge on any atom is 0.114 e. The summed E-state index contributed by atoms with van der Waals surface area (Å²) < 4.78 is 0. The molecule has 0 aliphatic heterocycles. The third-order valence-corrected chi connectivity index (χ3v) is 10.8. The second-order valence-electron chi connectivity index (χ2n) is 14.5. The van der Waals surface area contributed by atoms with E-state index in [0.29, 0.717) is 21.9 Å². The van der Waals surface area contributed by atoms with E-state index in [0.717, 1.165) is 80.1 Å². The first-order valence-corrected chi connectivity index (χ1v) is 19.1. The molecule has 6 aromatic carbocycles. The van der Waals surface area contributed by atoms with Gasteiger partial charge >= 0.3 is 0 Å². The van der Waals surface area contributed by atoms with Crippen molar-refractivity contribution >= 4 is 64.6 Å². The number of benzene rings is 6. The molecule has 6 heteroatoms. The average Bonchev–Trinajstić information content (AvgIpc) is 3.18. The highest BCUT2D eigenvalue weighted by Crippen LogP contribution is 2.41. The first-order valence-electron chi connectivity index (χ1n) is 19.1. The van der Waals surface area contributed by atoms with Gasteiger partial charge in [-0.3, -0.25) is 0 Å². The van der Waals surface area contributed by atoms with E-state index in [9.17, 15) is 0 Å². The van der Waals surface area contributed by atoms with Crippen LogP contribution in [-0.2, 0) is 10.8 Å². The Balaban J connectivity index is 1.72. The van der Waals surface area contributed by atoms with Gasteiger partial charge in [-0.1, -0.05) is 153 Å². The fourth-order valence-corrected chi connectivity index (χ4v) is 7.31. The Morgan fingerprint density at radius 3 is 0.964 bits per heavy atom. The number of aryl methyl sites for hydroxylation is 4. The van der Waals surface area contributed by atoms with Crippen LogP contribution >= 0.6 is 0 Å². The summed E-state index contributed by atoms with van der Waals surface area (Å²) in [5.41, 5.74) is 12.2. The molecular weight excluding hydrogens is 672 g/mol. The summed E-state index contributed by atoms with van der Waals surface area (Å²) in [7, 11) is 26.6. The molecule has 266 valence electrons. The first-order chi connectivity index (χ1) is 26.9. The van der Waals surface area contributed by atoms with Crippen LogP contribution in [0.2, 0.25) is 0 Å². The van der Waals surface area contributed by atoms with Crippen molar-refractivity contribution in [3.63, 3.8) is 0 Å². The lowest BCUT2D eigenvalue weighted by Gasteiger charge is -2.33. The molecule has 0 heterocycles. The molecule has 6 rings (SSSR count). The fourth-order valence-electron chi connectivity index (χ4n) is 7.31. The first kappa shape index (κ1) is 40.0. The van der Waals surface area contributed by atoms with Gasteiger partial charge < -0.3 is 10.6 Å². The number of rotatable bonds is 10. The topological polar surface area (TPSA) is 24.1 Å². The molecule has 0 amide bonds. The van der Waals surface area contributed by atoms with Crippen LogP contribution < -0.4 is 32.5 Å². The predicted molar refractivity (Wildman–Crippen MR) is 243 cm³/mol. The van der Waals surface area contributed by atoms with Crippen molar-refractivity contribution < 1.29 is 0 Å². The van der Waals surface area contributed by atoms with Crippen molar-refractivity contribution in [1.82, 2.24) is 0 Å². The molecular formula is C50H44B4N2. The van der Waals surface area contributed by atoms with Crippen LogP contribution in [0.4, 0.5) is 11.4 Å². The van der Waals surface area contributed by atoms with E-state index >= 15 is 0 Å². The smallest absolute Gasteiger partial charge is 0.114 e. The molecule has 0 bridgehead atoms. The lowest BCUT2D eigenvalue weighted by atomic mass is 9.67. The normalized spacial score (nSPS) is 11.2. The van der Waals surface area contributed by atoms with Gasteiger partial charge in [-0.2, -0.15) is 0 Å². The van der Waals surface area contributed by atoms with Crippen LogP contribution in [0.3, 0.4) is 0 Å². The van der Waals surface area contributed by atoms with Gasteiger partial charge in [0.25, 0.3) is 0 Å². The second-order valence-corrected chi connectivity index (χ2v) is 14.5. The van der Waals surface area contributed by atoms with Crippen molar-refractivity contribution in [3.8, 4) is 23.7 Å². The lowest BCUT2D eigenvalue weighted by Crippen LogP contribution is -2.31.